The first-order valence-corrected chi connectivity index (χ1v) is 6.64. The fourth-order valence-electron chi connectivity index (χ4n) is 1.23. The number of anilines is 1. The van der Waals surface area contributed by atoms with Gasteiger partial charge >= 0.3 is 0 Å². The second-order valence-electron chi connectivity index (χ2n) is 4.26. The van der Waals surface area contributed by atoms with Crippen molar-refractivity contribution >= 4 is 39.9 Å². The van der Waals surface area contributed by atoms with Crippen molar-refractivity contribution in [1.82, 2.24) is 0 Å². The Morgan fingerprint density at radius 2 is 2.12 bits per heavy atom. The molecule has 90 valence electrons. The van der Waals surface area contributed by atoms with Crippen LogP contribution in [0.3, 0.4) is 0 Å². The van der Waals surface area contributed by atoms with Gasteiger partial charge in [0.25, 0.3) is 0 Å². The number of nitrogens with one attached hydrogen (secondary N) is 1. The van der Waals surface area contributed by atoms with Crippen molar-refractivity contribution in [3.8, 4) is 0 Å². The summed E-state index contributed by atoms with van der Waals surface area (Å²) < 4.78 is 6.49. The number of benzene rings is 1. The zero-order valence-electron chi connectivity index (χ0n) is 9.81. The molecular formula is C12H17ClINO. The van der Waals surface area contributed by atoms with E-state index < -0.39 is 0 Å². The average molecular weight is 354 g/mol. The molecule has 1 aromatic rings. The van der Waals surface area contributed by atoms with Crippen molar-refractivity contribution in [2.24, 2.45) is 0 Å². The maximum atomic E-state index is 6.11. The average Bonchev–Trinajstić information content (AvgIpc) is 2.21. The fraction of sp³-hybridized carbons (Fsp3) is 0.500. The van der Waals surface area contributed by atoms with Gasteiger partial charge < -0.3 is 10.1 Å². The molecule has 4 heteroatoms. The molecule has 2 nitrogen and oxygen atoms in total. The van der Waals surface area contributed by atoms with Gasteiger partial charge in [0.2, 0.25) is 0 Å². The first-order valence-electron chi connectivity index (χ1n) is 5.19. The van der Waals surface area contributed by atoms with Gasteiger partial charge in [-0.2, -0.15) is 0 Å². The summed E-state index contributed by atoms with van der Waals surface area (Å²) in [5.74, 6) is 0. The zero-order valence-corrected chi connectivity index (χ0v) is 12.7. The Morgan fingerprint density at radius 1 is 1.44 bits per heavy atom. The minimum Gasteiger partial charge on any atom is -0.384 e. The molecule has 0 fully saturated rings. The van der Waals surface area contributed by atoms with Gasteiger partial charge in [0.1, 0.15) is 0 Å². The van der Waals surface area contributed by atoms with Gasteiger partial charge in [0, 0.05) is 17.2 Å². The van der Waals surface area contributed by atoms with Crippen molar-refractivity contribution < 1.29 is 4.74 Å². The maximum absolute atomic E-state index is 6.11. The maximum Gasteiger partial charge on any atom is 0.0648 e. The molecule has 0 radical (unpaired) electrons. The van der Waals surface area contributed by atoms with E-state index >= 15 is 0 Å². The minimum absolute atomic E-state index is 0.0946. The van der Waals surface area contributed by atoms with Crippen LogP contribution in [0.2, 0.25) is 5.02 Å². The molecule has 0 bridgehead atoms. The van der Waals surface area contributed by atoms with Crippen molar-refractivity contribution in [3.63, 3.8) is 0 Å². The molecule has 1 aromatic carbocycles. The first-order chi connectivity index (χ1) is 7.44. The predicted molar refractivity (Wildman–Crippen MR) is 78.4 cm³/mol. The van der Waals surface area contributed by atoms with E-state index in [0.717, 1.165) is 27.2 Å². The van der Waals surface area contributed by atoms with E-state index in [4.69, 9.17) is 16.3 Å². The Morgan fingerprint density at radius 3 is 2.69 bits per heavy atom. The minimum atomic E-state index is -0.0946. The number of methoxy groups -OCH3 is 1. The summed E-state index contributed by atoms with van der Waals surface area (Å²) in [5.41, 5.74) is 0.886. The third-order valence-corrected chi connectivity index (χ3v) is 3.51. The molecule has 0 aliphatic heterocycles. The molecule has 0 spiro atoms. The van der Waals surface area contributed by atoms with E-state index in [1.54, 1.807) is 7.11 Å². The molecule has 0 saturated heterocycles. The standard InChI is InChI=1S/C12H17ClINO/c1-12(2,16-3)6-7-15-11-5-4-9(14)8-10(11)13/h4-5,8,15H,6-7H2,1-3H3. The summed E-state index contributed by atoms with van der Waals surface area (Å²) in [6.07, 6.45) is 0.936. The topological polar surface area (TPSA) is 21.3 Å². The van der Waals surface area contributed by atoms with Crippen molar-refractivity contribution in [3.05, 3.63) is 26.8 Å². The Labute approximate surface area is 116 Å². The van der Waals surface area contributed by atoms with Gasteiger partial charge in [0.15, 0.2) is 0 Å². The van der Waals surface area contributed by atoms with E-state index in [-0.39, 0.29) is 5.60 Å². The lowest BCUT2D eigenvalue weighted by Crippen LogP contribution is -2.25. The SMILES string of the molecule is COC(C)(C)CCNc1ccc(I)cc1Cl. The van der Waals surface area contributed by atoms with Gasteiger partial charge in [-0.25, -0.2) is 0 Å². The van der Waals surface area contributed by atoms with E-state index in [0.29, 0.717) is 0 Å². The van der Waals surface area contributed by atoms with Crippen LogP contribution < -0.4 is 5.32 Å². The van der Waals surface area contributed by atoms with Crippen molar-refractivity contribution in [2.75, 3.05) is 19.0 Å². The summed E-state index contributed by atoms with van der Waals surface area (Å²) in [6, 6.07) is 5.99. The summed E-state index contributed by atoms with van der Waals surface area (Å²) in [6.45, 7) is 5.00. The number of hydrogen-bond acceptors (Lipinski definition) is 2. The van der Waals surface area contributed by atoms with Crippen LogP contribution in [0.1, 0.15) is 20.3 Å². The molecule has 0 heterocycles. The van der Waals surface area contributed by atoms with Gasteiger partial charge in [-0.3, -0.25) is 0 Å². The van der Waals surface area contributed by atoms with Gasteiger partial charge in [-0.05, 0) is 61.1 Å². The van der Waals surface area contributed by atoms with Crippen LogP contribution in [0.25, 0.3) is 0 Å². The van der Waals surface area contributed by atoms with Gasteiger partial charge in [0.05, 0.1) is 16.3 Å². The molecule has 1 N–H and O–H groups in total. The smallest absolute Gasteiger partial charge is 0.0648 e. The monoisotopic (exact) mass is 353 g/mol. The predicted octanol–water partition coefficient (Wildman–Crippen LogP) is 4.17. The lowest BCUT2D eigenvalue weighted by molar-refractivity contribution is 0.0185. The second-order valence-corrected chi connectivity index (χ2v) is 5.92. The van der Waals surface area contributed by atoms with Crippen molar-refractivity contribution in [1.29, 1.82) is 0 Å². The molecule has 0 aliphatic rings. The molecule has 0 amide bonds. The van der Waals surface area contributed by atoms with Crippen LogP contribution in [0.4, 0.5) is 5.69 Å². The van der Waals surface area contributed by atoms with Crippen LogP contribution in [0, 0.1) is 3.57 Å². The molecular weight excluding hydrogens is 336 g/mol. The molecule has 0 aromatic heterocycles. The first kappa shape index (κ1) is 14.1. The Bertz CT molecular complexity index is 355. The highest BCUT2D eigenvalue weighted by molar-refractivity contribution is 14.1. The highest BCUT2D eigenvalue weighted by Gasteiger charge is 2.15. The van der Waals surface area contributed by atoms with Crippen LogP contribution in [-0.2, 0) is 4.74 Å². The fourth-order valence-corrected chi connectivity index (χ4v) is 2.16. The molecule has 1 rings (SSSR count). The largest absolute Gasteiger partial charge is 0.384 e. The van der Waals surface area contributed by atoms with Crippen LogP contribution in [0.5, 0.6) is 0 Å². The summed E-state index contributed by atoms with van der Waals surface area (Å²) in [4.78, 5) is 0. The number of ether oxygens (including phenoxy) is 1. The van der Waals surface area contributed by atoms with Gasteiger partial charge in [-0.15, -0.1) is 0 Å². The number of hydrogen-bond donors (Lipinski definition) is 1. The Kier molecular flexibility index (Phi) is 5.34. The molecule has 16 heavy (non-hydrogen) atoms. The van der Waals surface area contributed by atoms with E-state index in [9.17, 15) is 0 Å². The third kappa shape index (κ3) is 4.47. The quantitative estimate of drug-likeness (QED) is 0.802. The lowest BCUT2D eigenvalue weighted by Gasteiger charge is -2.23. The van der Waals surface area contributed by atoms with E-state index in [1.807, 2.05) is 18.2 Å². The van der Waals surface area contributed by atoms with Crippen LogP contribution >= 0.6 is 34.2 Å². The lowest BCUT2D eigenvalue weighted by atomic mass is 10.1. The van der Waals surface area contributed by atoms with Crippen molar-refractivity contribution in [2.45, 2.75) is 25.9 Å². The third-order valence-electron chi connectivity index (χ3n) is 2.53. The summed E-state index contributed by atoms with van der Waals surface area (Å²) in [5, 5.41) is 4.08. The van der Waals surface area contributed by atoms with Crippen LogP contribution in [0.15, 0.2) is 18.2 Å². The number of rotatable bonds is 5. The zero-order chi connectivity index (χ0) is 12.2. The van der Waals surface area contributed by atoms with E-state index in [1.165, 1.54) is 0 Å². The molecule has 0 unspecified atom stereocenters. The molecule has 0 saturated carbocycles. The molecule has 0 aliphatic carbocycles. The highest BCUT2D eigenvalue weighted by atomic mass is 127. The number of halogens is 2. The molecule has 0 atom stereocenters. The van der Waals surface area contributed by atoms with Gasteiger partial charge in [-0.1, -0.05) is 11.6 Å². The van der Waals surface area contributed by atoms with E-state index in [2.05, 4.69) is 41.8 Å². The summed E-state index contributed by atoms with van der Waals surface area (Å²) in [7, 11) is 1.73. The second kappa shape index (κ2) is 6.07. The van der Waals surface area contributed by atoms with Crippen LogP contribution in [-0.4, -0.2) is 19.3 Å². The Hall–Kier alpha value is -0.0000000000000000555. The summed E-state index contributed by atoms with van der Waals surface area (Å²) >= 11 is 8.36. The highest BCUT2D eigenvalue weighted by Crippen LogP contribution is 2.24. The Balaban J connectivity index is 2.49. The normalized spacial score (nSPS) is 11.6.